The number of fused-ring (bicyclic) bond motifs is 2. The summed E-state index contributed by atoms with van der Waals surface area (Å²) in [6.07, 6.45) is 3.08. The normalized spacial score (nSPS) is 20.5. The van der Waals surface area contributed by atoms with E-state index in [1.807, 2.05) is 0 Å². The molecule has 0 radical (unpaired) electrons. The van der Waals surface area contributed by atoms with Crippen molar-refractivity contribution in [2.24, 2.45) is 0 Å². The Morgan fingerprint density at radius 2 is 2.29 bits per heavy atom. The Labute approximate surface area is 125 Å². The largest absolute Gasteiger partial charge is 0.493 e. The molecular formula is C17H21N3O. The van der Waals surface area contributed by atoms with Crippen LogP contribution in [0.25, 0.3) is 0 Å². The van der Waals surface area contributed by atoms with Crippen LogP contribution >= 0.6 is 0 Å². The smallest absolute Gasteiger partial charge is 0.124 e. The summed E-state index contributed by atoms with van der Waals surface area (Å²) in [6.45, 7) is 4.94. The third-order valence-corrected chi connectivity index (χ3v) is 4.55. The Morgan fingerprint density at radius 3 is 3.19 bits per heavy atom. The lowest BCUT2D eigenvalue weighted by Gasteiger charge is -2.30. The number of benzene rings is 1. The number of hydrogen-bond donors (Lipinski definition) is 1. The number of rotatable bonds is 2. The molecule has 1 aromatic carbocycles. The van der Waals surface area contributed by atoms with Crippen molar-refractivity contribution in [1.29, 1.82) is 0 Å². The first-order chi connectivity index (χ1) is 10.4. The molecule has 0 bridgehead atoms. The first-order valence-corrected chi connectivity index (χ1v) is 7.89. The quantitative estimate of drug-likeness (QED) is 0.920. The lowest BCUT2D eigenvalue weighted by Crippen LogP contribution is -2.28. The van der Waals surface area contributed by atoms with E-state index in [2.05, 4.69) is 41.1 Å². The Kier molecular flexibility index (Phi) is 3.19. The third-order valence-electron chi connectivity index (χ3n) is 4.55. The first kappa shape index (κ1) is 12.9. The molecule has 1 N–H and O–H groups in total. The van der Waals surface area contributed by atoms with Crippen LogP contribution in [-0.4, -0.2) is 22.7 Å². The van der Waals surface area contributed by atoms with Gasteiger partial charge in [0, 0.05) is 43.6 Å². The SMILES string of the molecule is CCc1nc2c(n1C1CCOc3ccccc31)CCNC2. The van der Waals surface area contributed by atoms with Crippen molar-refractivity contribution in [3.63, 3.8) is 0 Å². The zero-order chi connectivity index (χ0) is 14.2. The van der Waals surface area contributed by atoms with E-state index in [0.717, 1.165) is 44.7 Å². The summed E-state index contributed by atoms with van der Waals surface area (Å²) in [5, 5.41) is 3.43. The molecule has 0 aliphatic carbocycles. The highest BCUT2D eigenvalue weighted by Gasteiger charge is 2.28. The van der Waals surface area contributed by atoms with E-state index in [1.165, 1.54) is 22.8 Å². The van der Waals surface area contributed by atoms with E-state index in [-0.39, 0.29) is 0 Å². The van der Waals surface area contributed by atoms with Crippen molar-refractivity contribution < 1.29 is 4.74 Å². The van der Waals surface area contributed by atoms with Gasteiger partial charge in [-0.1, -0.05) is 25.1 Å². The van der Waals surface area contributed by atoms with Gasteiger partial charge in [0.15, 0.2) is 0 Å². The van der Waals surface area contributed by atoms with Crippen LogP contribution in [0.5, 0.6) is 5.75 Å². The van der Waals surface area contributed by atoms with Gasteiger partial charge in [-0.2, -0.15) is 0 Å². The van der Waals surface area contributed by atoms with Crippen LogP contribution in [0.2, 0.25) is 0 Å². The molecule has 0 amide bonds. The molecule has 110 valence electrons. The number of para-hydroxylation sites is 1. The number of aromatic nitrogens is 2. The van der Waals surface area contributed by atoms with Crippen LogP contribution in [0, 0.1) is 0 Å². The van der Waals surface area contributed by atoms with Crippen molar-refractivity contribution >= 4 is 0 Å². The number of nitrogens with one attached hydrogen (secondary N) is 1. The molecule has 4 heteroatoms. The van der Waals surface area contributed by atoms with E-state index in [1.54, 1.807) is 0 Å². The molecule has 3 heterocycles. The summed E-state index contributed by atoms with van der Waals surface area (Å²) in [5.74, 6) is 2.25. The van der Waals surface area contributed by atoms with Gasteiger partial charge in [0.05, 0.1) is 18.3 Å². The predicted molar refractivity (Wildman–Crippen MR) is 81.7 cm³/mol. The number of hydrogen-bond acceptors (Lipinski definition) is 3. The van der Waals surface area contributed by atoms with Crippen LogP contribution in [0.1, 0.15) is 42.2 Å². The van der Waals surface area contributed by atoms with Gasteiger partial charge in [0.1, 0.15) is 11.6 Å². The number of ether oxygens (including phenoxy) is 1. The second-order valence-electron chi connectivity index (χ2n) is 5.76. The highest BCUT2D eigenvalue weighted by molar-refractivity contribution is 5.39. The van der Waals surface area contributed by atoms with Gasteiger partial charge in [-0.05, 0) is 6.07 Å². The summed E-state index contributed by atoms with van der Waals surface area (Å²) in [6, 6.07) is 8.82. The molecule has 2 aromatic rings. The van der Waals surface area contributed by atoms with Crippen LogP contribution < -0.4 is 10.1 Å². The Balaban J connectivity index is 1.86. The van der Waals surface area contributed by atoms with E-state index in [9.17, 15) is 0 Å². The average molecular weight is 283 g/mol. The highest BCUT2D eigenvalue weighted by atomic mass is 16.5. The van der Waals surface area contributed by atoms with Gasteiger partial charge in [0.2, 0.25) is 0 Å². The summed E-state index contributed by atoms with van der Waals surface area (Å²) in [4.78, 5) is 4.88. The standard InChI is InChI=1S/C17H21N3O/c1-2-17-19-13-11-18-9-7-15(13)20(17)14-8-10-21-16-6-4-3-5-12(14)16/h3-6,14,18H,2,7-11H2,1H3. The molecule has 1 aromatic heterocycles. The Morgan fingerprint density at radius 1 is 1.38 bits per heavy atom. The molecule has 1 unspecified atom stereocenters. The second kappa shape index (κ2) is 5.19. The van der Waals surface area contributed by atoms with Crippen LogP contribution in [0.15, 0.2) is 24.3 Å². The fourth-order valence-electron chi connectivity index (χ4n) is 3.60. The number of aryl methyl sites for hydroxylation is 1. The van der Waals surface area contributed by atoms with Crippen LogP contribution in [0.4, 0.5) is 0 Å². The summed E-state index contributed by atoms with van der Waals surface area (Å²) in [5.41, 5.74) is 3.96. The number of nitrogens with zero attached hydrogens (tertiary/aromatic N) is 2. The van der Waals surface area contributed by atoms with Crippen molar-refractivity contribution in [2.45, 2.75) is 38.8 Å². The first-order valence-electron chi connectivity index (χ1n) is 7.89. The molecule has 21 heavy (non-hydrogen) atoms. The maximum absolute atomic E-state index is 5.82. The minimum Gasteiger partial charge on any atom is -0.493 e. The monoisotopic (exact) mass is 283 g/mol. The molecule has 0 spiro atoms. The zero-order valence-electron chi connectivity index (χ0n) is 12.4. The molecule has 1 atom stereocenters. The lowest BCUT2D eigenvalue weighted by atomic mass is 9.99. The molecule has 0 saturated carbocycles. The summed E-state index contributed by atoms with van der Waals surface area (Å²) in [7, 11) is 0. The van der Waals surface area contributed by atoms with Crippen molar-refractivity contribution in [3.8, 4) is 5.75 Å². The van der Waals surface area contributed by atoms with E-state index in [0.29, 0.717) is 6.04 Å². The molecule has 0 saturated heterocycles. The molecule has 4 nitrogen and oxygen atoms in total. The highest BCUT2D eigenvalue weighted by Crippen LogP contribution is 2.37. The molecule has 2 aliphatic heterocycles. The third kappa shape index (κ3) is 2.05. The zero-order valence-corrected chi connectivity index (χ0v) is 12.4. The Hall–Kier alpha value is -1.81. The Bertz CT molecular complexity index is 662. The van der Waals surface area contributed by atoms with Gasteiger partial charge in [0.25, 0.3) is 0 Å². The van der Waals surface area contributed by atoms with Gasteiger partial charge in [-0.3, -0.25) is 0 Å². The average Bonchev–Trinajstić information content (AvgIpc) is 2.92. The minimum atomic E-state index is 0.374. The summed E-state index contributed by atoms with van der Waals surface area (Å²) >= 11 is 0. The fourth-order valence-corrected chi connectivity index (χ4v) is 3.60. The lowest BCUT2D eigenvalue weighted by molar-refractivity contribution is 0.253. The van der Waals surface area contributed by atoms with E-state index < -0.39 is 0 Å². The molecule has 0 fully saturated rings. The maximum atomic E-state index is 5.82. The van der Waals surface area contributed by atoms with Gasteiger partial charge in [-0.25, -0.2) is 4.98 Å². The number of imidazole rings is 1. The topological polar surface area (TPSA) is 39.1 Å². The van der Waals surface area contributed by atoms with Crippen molar-refractivity contribution in [1.82, 2.24) is 14.9 Å². The van der Waals surface area contributed by atoms with Gasteiger partial charge < -0.3 is 14.6 Å². The van der Waals surface area contributed by atoms with Crippen LogP contribution in [0.3, 0.4) is 0 Å². The molecule has 2 aliphatic rings. The molecule has 4 rings (SSSR count). The molecular weight excluding hydrogens is 262 g/mol. The van der Waals surface area contributed by atoms with Crippen molar-refractivity contribution in [2.75, 3.05) is 13.2 Å². The van der Waals surface area contributed by atoms with Crippen molar-refractivity contribution in [3.05, 3.63) is 47.0 Å². The predicted octanol–water partition coefficient (Wildman–Crippen LogP) is 2.46. The van der Waals surface area contributed by atoms with E-state index in [4.69, 9.17) is 9.72 Å². The van der Waals surface area contributed by atoms with Gasteiger partial charge in [-0.15, -0.1) is 0 Å². The van der Waals surface area contributed by atoms with Crippen LogP contribution in [-0.2, 0) is 19.4 Å². The van der Waals surface area contributed by atoms with E-state index >= 15 is 0 Å². The fraction of sp³-hybridized carbons (Fsp3) is 0.471. The maximum Gasteiger partial charge on any atom is 0.124 e. The summed E-state index contributed by atoms with van der Waals surface area (Å²) < 4.78 is 8.32. The minimum absolute atomic E-state index is 0.374. The second-order valence-corrected chi connectivity index (χ2v) is 5.76. The van der Waals surface area contributed by atoms with Gasteiger partial charge >= 0.3 is 0 Å².